The lowest BCUT2D eigenvalue weighted by molar-refractivity contribution is 0.233. The second-order valence-corrected chi connectivity index (χ2v) is 4.56. The molecule has 2 nitrogen and oxygen atoms in total. The molecule has 3 heteroatoms. The Bertz CT molecular complexity index is 138. The molecule has 1 unspecified atom stereocenters. The van der Waals surface area contributed by atoms with Gasteiger partial charge in [-0.1, -0.05) is 13.8 Å². The van der Waals surface area contributed by atoms with Crippen molar-refractivity contribution >= 4 is 11.6 Å². The number of hydrogen-bond acceptors (Lipinski definition) is 2. The summed E-state index contributed by atoms with van der Waals surface area (Å²) in [5, 5.41) is 3.76. The van der Waals surface area contributed by atoms with Crippen molar-refractivity contribution < 1.29 is 0 Å². The summed E-state index contributed by atoms with van der Waals surface area (Å²) in [6.07, 6.45) is 1.17. The highest BCUT2D eigenvalue weighted by Gasteiger charge is 2.25. The molecule has 0 saturated carbocycles. The largest absolute Gasteiger partial charge is 0.310 e. The molecular formula is C9H19ClN2. The molecule has 1 aliphatic rings. The third kappa shape index (κ3) is 2.92. The van der Waals surface area contributed by atoms with Crippen molar-refractivity contribution in [2.24, 2.45) is 0 Å². The van der Waals surface area contributed by atoms with Crippen LogP contribution in [0.3, 0.4) is 0 Å². The van der Waals surface area contributed by atoms with Crippen LogP contribution in [0.25, 0.3) is 0 Å². The second-order valence-electron chi connectivity index (χ2n) is 3.99. The Morgan fingerprint density at radius 2 is 2.17 bits per heavy atom. The zero-order chi connectivity index (χ0) is 9.14. The maximum Gasteiger partial charge on any atom is 0.0616 e. The minimum Gasteiger partial charge on any atom is -0.310 e. The van der Waals surface area contributed by atoms with Gasteiger partial charge in [0, 0.05) is 18.6 Å². The Kier molecular flexibility index (Phi) is 3.81. The fourth-order valence-corrected chi connectivity index (χ4v) is 2.11. The van der Waals surface area contributed by atoms with E-state index >= 15 is 0 Å². The van der Waals surface area contributed by atoms with E-state index < -0.39 is 0 Å². The van der Waals surface area contributed by atoms with Gasteiger partial charge in [-0.2, -0.15) is 0 Å². The molecule has 1 heterocycles. The molecule has 0 aromatic carbocycles. The zero-order valence-electron chi connectivity index (χ0n) is 8.18. The summed E-state index contributed by atoms with van der Waals surface area (Å²) in [5.74, 6) is 0. The number of alkyl halides is 1. The summed E-state index contributed by atoms with van der Waals surface area (Å²) < 4.78 is 0. The van der Waals surface area contributed by atoms with Crippen LogP contribution >= 0.6 is 11.6 Å². The third-order valence-electron chi connectivity index (χ3n) is 2.29. The molecule has 72 valence electrons. The quantitative estimate of drug-likeness (QED) is 0.661. The van der Waals surface area contributed by atoms with E-state index in [1.807, 2.05) is 0 Å². The number of halogens is 1. The number of hydrogen-bond donors (Lipinski definition) is 1. The number of nitrogens with one attached hydrogen (secondary N) is 1. The smallest absolute Gasteiger partial charge is 0.0616 e. The van der Waals surface area contributed by atoms with E-state index in [-0.39, 0.29) is 5.38 Å². The molecule has 1 fully saturated rings. The molecule has 0 amide bonds. The third-order valence-corrected chi connectivity index (χ3v) is 2.73. The van der Waals surface area contributed by atoms with Crippen molar-refractivity contribution in [3.63, 3.8) is 0 Å². The summed E-state index contributed by atoms with van der Waals surface area (Å²) in [7, 11) is 2.13. The highest BCUT2D eigenvalue weighted by molar-refractivity contribution is 6.21. The molecule has 1 aliphatic heterocycles. The number of nitrogens with zero attached hydrogens (tertiary/aromatic N) is 1. The van der Waals surface area contributed by atoms with E-state index in [0.29, 0.717) is 12.1 Å². The molecule has 1 saturated heterocycles. The molecule has 12 heavy (non-hydrogen) atoms. The minimum atomic E-state index is 0.270. The molecule has 0 spiro atoms. The molecule has 0 aromatic rings. The number of rotatable bonds is 2. The average molecular weight is 191 g/mol. The SMILES string of the molecule is CC(C)NC1CCN(C)C[C@@H]1Cl. The van der Waals surface area contributed by atoms with Crippen molar-refractivity contribution in [3.05, 3.63) is 0 Å². The van der Waals surface area contributed by atoms with E-state index in [1.54, 1.807) is 0 Å². The summed E-state index contributed by atoms with van der Waals surface area (Å²) in [4.78, 5) is 2.29. The lowest BCUT2D eigenvalue weighted by Crippen LogP contribution is -2.50. The van der Waals surface area contributed by atoms with Crippen molar-refractivity contribution in [2.45, 2.75) is 37.7 Å². The summed E-state index contributed by atoms with van der Waals surface area (Å²) in [5.41, 5.74) is 0. The average Bonchev–Trinajstić information content (AvgIpc) is 1.94. The van der Waals surface area contributed by atoms with E-state index in [9.17, 15) is 0 Å². The van der Waals surface area contributed by atoms with Crippen molar-refractivity contribution in [3.8, 4) is 0 Å². The number of piperidine rings is 1. The molecule has 0 aliphatic carbocycles. The van der Waals surface area contributed by atoms with Gasteiger partial charge in [0.15, 0.2) is 0 Å². The minimum absolute atomic E-state index is 0.270. The Hall–Kier alpha value is 0.210. The van der Waals surface area contributed by atoms with Crippen LogP contribution in [0.2, 0.25) is 0 Å². The number of likely N-dealkylation sites (tertiary alicyclic amines) is 1. The Morgan fingerprint density at radius 1 is 1.50 bits per heavy atom. The topological polar surface area (TPSA) is 15.3 Å². The molecule has 1 rings (SSSR count). The van der Waals surface area contributed by atoms with Gasteiger partial charge in [0.2, 0.25) is 0 Å². The highest BCUT2D eigenvalue weighted by atomic mass is 35.5. The first kappa shape index (κ1) is 10.3. The standard InChI is InChI=1S/C9H19ClN2/c1-7(2)11-9-4-5-12(3)6-8(9)10/h7-9,11H,4-6H2,1-3H3/t8-,9?/m0/s1. The first-order chi connectivity index (χ1) is 5.59. The Morgan fingerprint density at radius 3 is 2.67 bits per heavy atom. The lowest BCUT2D eigenvalue weighted by atomic mass is 10.0. The van der Waals surface area contributed by atoms with Crippen molar-refractivity contribution in [1.82, 2.24) is 10.2 Å². The first-order valence-electron chi connectivity index (χ1n) is 4.68. The van der Waals surface area contributed by atoms with Gasteiger partial charge in [-0.05, 0) is 20.0 Å². The van der Waals surface area contributed by atoms with E-state index in [4.69, 9.17) is 11.6 Å². The Labute approximate surface area is 80.3 Å². The lowest BCUT2D eigenvalue weighted by Gasteiger charge is -2.34. The normalized spacial score (nSPS) is 32.8. The molecule has 0 aromatic heterocycles. The fraction of sp³-hybridized carbons (Fsp3) is 1.00. The highest BCUT2D eigenvalue weighted by Crippen LogP contribution is 2.15. The molecule has 2 atom stereocenters. The van der Waals surface area contributed by atoms with Crippen LogP contribution in [0.5, 0.6) is 0 Å². The maximum absolute atomic E-state index is 6.22. The van der Waals surface area contributed by atoms with Crippen LogP contribution in [-0.2, 0) is 0 Å². The fourth-order valence-electron chi connectivity index (χ4n) is 1.67. The van der Waals surface area contributed by atoms with Crippen molar-refractivity contribution in [2.75, 3.05) is 20.1 Å². The van der Waals surface area contributed by atoms with E-state index in [2.05, 4.69) is 31.1 Å². The van der Waals surface area contributed by atoms with E-state index in [1.165, 1.54) is 6.42 Å². The van der Waals surface area contributed by atoms with Gasteiger partial charge in [0.1, 0.15) is 0 Å². The molecular weight excluding hydrogens is 172 g/mol. The van der Waals surface area contributed by atoms with Crippen LogP contribution in [-0.4, -0.2) is 42.5 Å². The molecule has 1 N–H and O–H groups in total. The van der Waals surface area contributed by atoms with Gasteiger partial charge in [-0.3, -0.25) is 0 Å². The predicted molar refractivity (Wildman–Crippen MR) is 53.8 cm³/mol. The Balaban J connectivity index is 2.34. The van der Waals surface area contributed by atoms with Crippen LogP contribution in [0.15, 0.2) is 0 Å². The summed E-state index contributed by atoms with van der Waals surface area (Å²) in [6.45, 7) is 6.50. The van der Waals surface area contributed by atoms with Gasteiger partial charge in [-0.15, -0.1) is 11.6 Å². The van der Waals surface area contributed by atoms with Crippen LogP contribution < -0.4 is 5.32 Å². The predicted octanol–water partition coefficient (Wildman–Crippen LogP) is 1.30. The van der Waals surface area contributed by atoms with Gasteiger partial charge in [0.25, 0.3) is 0 Å². The van der Waals surface area contributed by atoms with Crippen molar-refractivity contribution in [1.29, 1.82) is 0 Å². The molecule has 0 radical (unpaired) electrons. The second kappa shape index (κ2) is 4.45. The maximum atomic E-state index is 6.22. The first-order valence-corrected chi connectivity index (χ1v) is 5.12. The van der Waals surface area contributed by atoms with Gasteiger partial charge in [-0.25, -0.2) is 0 Å². The van der Waals surface area contributed by atoms with Crippen LogP contribution in [0, 0.1) is 0 Å². The van der Waals surface area contributed by atoms with Crippen LogP contribution in [0.4, 0.5) is 0 Å². The van der Waals surface area contributed by atoms with Crippen LogP contribution in [0.1, 0.15) is 20.3 Å². The summed E-state index contributed by atoms with van der Waals surface area (Å²) in [6, 6.07) is 1.04. The van der Waals surface area contributed by atoms with Gasteiger partial charge < -0.3 is 10.2 Å². The molecule has 0 bridgehead atoms. The monoisotopic (exact) mass is 190 g/mol. The van der Waals surface area contributed by atoms with E-state index in [0.717, 1.165) is 13.1 Å². The van der Waals surface area contributed by atoms with Gasteiger partial charge >= 0.3 is 0 Å². The summed E-state index contributed by atoms with van der Waals surface area (Å²) >= 11 is 6.22. The zero-order valence-corrected chi connectivity index (χ0v) is 8.93. The van der Waals surface area contributed by atoms with Gasteiger partial charge in [0.05, 0.1) is 5.38 Å².